The van der Waals surface area contributed by atoms with E-state index in [0.717, 1.165) is 19.3 Å². The average molecular weight is 447 g/mol. The first kappa shape index (κ1) is 22.5. The molecule has 2 aliphatic heterocycles. The number of rotatable bonds is 6. The molecule has 0 aliphatic carbocycles. The zero-order chi connectivity index (χ0) is 21.9. The van der Waals surface area contributed by atoms with Gasteiger partial charge in [0.25, 0.3) is 0 Å². The highest BCUT2D eigenvalue weighted by Crippen LogP contribution is 2.24. The molecule has 1 N–H and O–H groups in total. The van der Waals surface area contributed by atoms with Crippen LogP contribution in [0.25, 0.3) is 0 Å². The van der Waals surface area contributed by atoms with Gasteiger partial charge in [-0.2, -0.15) is 17.5 Å². The molecule has 11 heteroatoms. The number of piperidine rings is 1. The molecule has 2 aliphatic rings. The number of hydrogen-bond donors (Lipinski definition) is 1. The van der Waals surface area contributed by atoms with Gasteiger partial charge in [-0.05, 0) is 30.5 Å². The molecule has 0 aromatic heterocycles. The lowest BCUT2D eigenvalue weighted by atomic mass is 10.1. The summed E-state index contributed by atoms with van der Waals surface area (Å²) in [5.74, 6) is -2.03. The number of carbonyl (C=O) groups is 2. The monoisotopic (exact) mass is 447 g/mol. The van der Waals surface area contributed by atoms with Gasteiger partial charge in [0.15, 0.2) is 0 Å². The maximum absolute atomic E-state index is 12.6. The van der Waals surface area contributed by atoms with Crippen molar-refractivity contribution in [2.75, 3.05) is 26.2 Å². The van der Waals surface area contributed by atoms with Crippen LogP contribution in [0.5, 0.6) is 0 Å². The van der Waals surface area contributed by atoms with Gasteiger partial charge in [-0.3, -0.25) is 9.59 Å². The van der Waals surface area contributed by atoms with E-state index in [4.69, 9.17) is 0 Å². The van der Waals surface area contributed by atoms with Gasteiger partial charge in [-0.25, -0.2) is 8.42 Å². The zero-order valence-corrected chi connectivity index (χ0v) is 17.1. The molecule has 0 spiro atoms. The smallest absolute Gasteiger partial charge is 0.352 e. The number of halogens is 3. The molecule has 0 saturated carbocycles. The number of sulfonamides is 1. The highest BCUT2D eigenvalue weighted by molar-refractivity contribution is 7.89. The van der Waals surface area contributed by atoms with E-state index in [-0.39, 0.29) is 24.4 Å². The Bertz CT molecular complexity index is 881. The van der Waals surface area contributed by atoms with Gasteiger partial charge in [0.2, 0.25) is 21.8 Å². The zero-order valence-electron chi connectivity index (χ0n) is 16.3. The third kappa shape index (κ3) is 5.51. The highest BCUT2D eigenvalue weighted by atomic mass is 32.2. The molecule has 1 atom stereocenters. The van der Waals surface area contributed by atoms with Crippen LogP contribution in [0.15, 0.2) is 29.2 Å². The van der Waals surface area contributed by atoms with Crippen molar-refractivity contribution < 1.29 is 31.2 Å². The Morgan fingerprint density at radius 1 is 1.10 bits per heavy atom. The lowest BCUT2D eigenvalue weighted by Crippen LogP contribution is -2.37. The van der Waals surface area contributed by atoms with Crippen LogP contribution in [0, 0.1) is 5.92 Å². The number of benzene rings is 1. The summed E-state index contributed by atoms with van der Waals surface area (Å²) in [4.78, 5) is 24.7. The van der Waals surface area contributed by atoms with Gasteiger partial charge in [0.05, 0.1) is 10.8 Å². The predicted molar refractivity (Wildman–Crippen MR) is 102 cm³/mol. The Hall–Kier alpha value is -2.14. The van der Waals surface area contributed by atoms with Crippen molar-refractivity contribution >= 4 is 21.8 Å². The van der Waals surface area contributed by atoms with Crippen molar-refractivity contribution in [3.8, 4) is 0 Å². The number of hydrogen-bond acceptors (Lipinski definition) is 4. The van der Waals surface area contributed by atoms with Gasteiger partial charge >= 0.3 is 6.18 Å². The van der Waals surface area contributed by atoms with Gasteiger partial charge in [-0.1, -0.05) is 18.6 Å². The second-order valence-corrected chi connectivity index (χ2v) is 9.55. The SMILES string of the molecule is O=C(NCc1ccc(S(=O)(=O)N2CCCCC2)cc1)[C@@H]1CC(=O)N(CC(F)(F)F)C1. The lowest BCUT2D eigenvalue weighted by Gasteiger charge is -2.25. The summed E-state index contributed by atoms with van der Waals surface area (Å²) in [5.41, 5.74) is 0.650. The average Bonchev–Trinajstić information content (AvgIpc) is 3.06. The van der Waals surface area contributed by atoms with Crippen LogP contribution < -0.4 is 5.32 Å². The normalized spacial score (nSPS) is 21.1. The summed E-state index contributed by atoms with van der Waals surface area (Å²) in [5, 5.41) is 2.61. The number of carbonyl (C=O) groups excluding carboxylic acids is 2. The maximum Gasteiger partial charge on any atom is 0.406 e. The molecule has 166 valence electrons. The number of alkyl halides is 3. The molecule has 2 fully saturated rings. The molecule has 2 heterocycles. The van der Waals surface area contributed by atoms with E-state index < -0.39 is 40.5 Å². The second-order valence-electron chi connectivity index (χ2n) is 7.62. The van der Waals surface area contributed by atoms with E-state index in [0.29, 0.717) is 23.6 Å². The summed E-state index contributed by atoms with van der Waals surface area (Å²) in [6, 6.07) is 6.14. The van der Waals surface area contributed by atoms with Crippen molar-refractivity contribution in [2.45, 2.75) is 43.3 Å². The fourth-order valence-corrected chi connectivity index (χ4v) is 5.20. The highest BCUT2D eigenvalue weighted by Gasteiger charge is 2.40. The molecule has 2 saturated heterocycles. The number of likely N-dealkylation sites (tertiary alicyclic amines) is 1. The quantitative estimate of drug-likeness (QED) is 0.722. The Kier molecular flexibility index (Phi) is 6.71. The molecule has 7 nitrogen and oxygen atoms in total. The van der Waals surface area contributed by atoms with E-state index in [1.807, 2.05) is 0 Å². The molecule has 0 radical (unpaired) electrons. The van der Waals surface area contributed by atoms with E-state index in [1.165, 1.54) is 16.4 Å². The van der Waals surface area contributed by atoms with Crippen LogP contribution in [0.1, 0.15) is 31.2 Å². The van der Waals surface area contributed by atoms with E-state index >= 15 is 0 Å². The number of amides is 2. The molecule has 1 aromatic carbocycles. The third-order valence-electron chi connectivity index (χ3n) is 5.30. The van der Waals surface area contributed by atoms with Crippen molar-refractivity contribution in [1.82, 2.24) is 14.5 Å². The number of nitrogens with zero attached hydrogens (tertiary/aromatic N) is 2. The minimum absolute atomic E-state index is 0.0901. The van der Waals surface area contributed by atoms with Crippen LogP contribution in [0.4, 0.5) is 13.2 Å². The fraction of sp³-hybridized carbons (Fsp3) is 0.579. The molecule has 3 rings (SSSR count). The topological polar surface area (TPSA) is 86.8 Å². The van der Waals surface area contributed by atoms with Gasteiger partial charge in [0, 0.05) is 32.6 Å². The first-order chi connectivity index (χ1) is 14.1. The molecule has 0 unspecified atom stereocenters. The second kappa shape index (κ2) is 8.93. The summed E-state index contributed by atoms with van der Waals surface area (Å²) in [6.07, 6.45) is -2.06. The minimum atomic E-state index is -4.50. The summed E-state index contributed by atoms with van der Waals surface area (Å²) < 4.78 is 64.2. The molecule has 2 amide bonds. The Morgan fingerprint density at radius 3 is 2.33 bits per heavy atom. The van der Waals surface area contributed by atoms with Gasteiger partial charge < -0.3 is 10.2 Å². The first-order valence-corrected chi connectivity index (χ1v) is 11.2. The summed E-state index contributed by atoms with van der Waals surface area (Å²) in [6.45, 7) is -0.524. The van der Waals surface area contributed by atoms with Crippen molar-refractivity contribution in [3.05, 3.63) is 29.8 Å². The van der Waals surface area contributed by atoms with E-state index in [1.54, 1.807) is 12.1 Å². The van der Waals surface area contributed by atoms with Crippen molar-refractivity contribution in [3.63, 3.8) is 0 Å². The molecule has 1 aromatic rings. The van der Waals surface area contributed by atoms with Crippen LogP contribution in [-0.2, 0) is 26.2 Å². The van der Waals surface area contributed by atoms with Crippen molar-refractivity contribution in [2.24, 2.45) is 5.92 Å². The lowest BCUT2D eigenvalue weighted by molar-refractivity contribution is -0.157. The molecular weight excluding hydrogens is 423 g/mol. The Morgan fingerprint density at radius 2 is 1.73 bits per heavy atom. The van der Waals surface area contributed by atoms with E-state index in [9.17, 15) is 31.2 Å². The van der Waals surface area contributed by atoms with Gasteiger partial charge in [0.1, 0.15) is 6.54 Å². The molecule has 0 bridgehead atoms. The number of nitrogens with one attached hydrogen (secondary N) is 1. The molecular formula is C19H24F3N3O4S. The van der Waals surface area contributed by atoms with Gasteiger partial charge in [-0.15, -0.1) is 0 Å². The maximum atomic E-state index is 12.6. The Labute approximate surface area is 173 Å². The standard InChI is InChI=1S/C19H24F3N3O4S/c20-19(21,22)13-24-12-15(10-17(24)26)18(27)23-11-14-4-6-16(7-5-14)30(28,29)25-8-2-1-3-9-25/h4-7,15H,1-3,8-13H2,(H,23,27)/t15-/m1/s1. The Balaban J connectivity index is 1.54. The van der Waals surface area contributed by atoms with E-state index in [2.05, 4.69) is 5.32 Å². The first-order valence-electron chi connectivity index (χ1n) is 9.77. The van der Waals surface area contributed by atoms with Crippen LogP contribution >= 0.6 is 0 Å². The third-order valence-corrected chi connectivity index (χ3v) is 7.21. The van der Waals surface area contributed by atoms with Crippen LogP contribution in [-0.4, -0.2) is 61.8 Å². The van der Waals surface area contributed by atoms with Crippen LogP contribution in [0.3, 0.4) is 0 Å². The molecule has 30 heavy (non-hydrogen) atoms. The predicted octanol–water partition coefficient (Wildman–Crippen LogP) is 1.89. The largest absolute Gasteiger partial charge is 0.406 e. The van der Waals surface area contributed by atoms with Crippen LogP contribution in [0.2, 0.25) is 0 Å². The van der Waals surface area contributed by atoms with Crippen molar-refractivity contribution in [1.29, 1.82) is 0 Å². The minimum Gasteiger partial charge on any atom is -0.352 e. The fourth-order valence-electron chi connectivity index (χ4n) is 3.68. The summed E-state index contributed by atoms with van der Waals surface area (Å²) in [7, 11) is -3.54. The summed E-state index contributed by atoms with van der Waals surface area (Å²) >= 11 is 0.